The van der Waals surface area contributed by atoms with Gasteiger partial charge in [-0.3, -0.25) is 0 Å². The van der Waals surface area contributed by atoms with Crippen LogP contribution in [0.25, 0.3) is 0 Å². The van der Waals surface area contributed by atoms with Crippen LogP contribution in [0.4, 0.5) is 0 Å². The normalized spacial score (nSPS) is 12.6. The van der Waals surface area contributed by atoms with Crippen LogP contribution in [0, 0.1) is 0 Å². The van der Waals surface area contributed by atoms with Crippen molar-refractivity contribution < 1.29 is 5.11 Å². The molecule has 0 saturated heterocycles. The number of hydrogen-bond acceptors (Lipinski definition) is 2. The van der Waals surface area contributed by atoms with Gasteiger partial charge in [-0.1, -0.05) is 61.5 Å². The van der Waals surface area contributed by atoms with E-state index in [9.17, 15) is 5.11 Å². The predicted molar refractivity (Wildman–Crippen MR) is 88.4 cm³/mol. The van der Waals surface area contributed by atoms with Crippen LogP contribution in [0.2, 0.25) is 0 Å². The number of aliphatic hydroxyl groups excluding tert-OH is 1. The molecule has 2 nitrogen and oxygen atoms in total. The molecule has 21 heavy (non-hydrogen) atoms. The molecule has 1 atom stereocenters. The quantitative estimate of drug-likeness (QED) is 0.841. The Bertz CT molecular complexity index is 521. The third kappa shape index (κ3) is 5.00. The standard InChI is InChI=1S/C19H25NO/c1-3-16-9-11-18(12-10-16)19(21)15-20(2)14-13-17-7-5-4-6-8-17/h4-12,19,21H,3,13-15H2,1-2H3. The number of benzene rings is 2. The molecule has 0 heterocycles. The molecule has 0 spiro atoms. The van der Waals surface area contributed by atoms with Gasteiger partial charge in [0.2, 0.25) is 0 Å². The summed E-state index contributed by atoms with van der Waals surface area (Å²) in [4.78, 5) is 2.19. The topological polar surface area (TPSA) is 23.5 Å². The maximum absolute atomic E-state index is 10.3. The summed E-state index contributed by atoms with van der Waals surface area (Å²) >= 11 is 0. The first-order valence-corrected chi connectivity index (χ1v) is 7.68. The lowest BCUT2D eigenvalue weighted by atomic mass is 10.1. The summed E-state index contributed by atoms with van der Waals surface area (Å²) in [6.45, 7) is 3.76. The van der Waals surface area contributed by atoms with E-state index in [1.165, 1.54) is 11.1 Å². The van der Waals surface area contributed by atoms with Gasteiger partial charge in [0.1, 0.15) is 0 Å². The van der Waals surface area contributed by atoms with Crippen molar-refractivity contribution in [3.63, 3.8) is 0 Å². The Balaban J connectivity index is 1.82. The average Bonchev–Trinajstić information content (AvgIpc) is 2.54. The van der Waals surface area contributed by atoms with Crippen LogP contribution in [0.5, 0.6) is 0 Å². The van der Waals surface area contributed by atoms with Gasteiger partial charge < -0.3 is 10.0 Å². The highest BCUT2D eigenvalue weighted by Crippen LogP contribution is 2.15. The zero-order valence-corrected chi connectivity index (χ0v) is 13.0. The molecular weight excluding hydrogens is 258 g/mol. The monoisotopic (exact) mass is 283 g/mol. The van der Waals surface area contributed by atoms with Gasteiger partial charge in [0.25, 0.3) is 0 Å². The van der Waals surface area contributed by atoms with Gasteiger partial charge in [0.05, 0.1) is 6.10 Å². The number of rotatable bonds is 7. The van der Waals surface area contributed by atoms with E-state index < -0.39 is 6.10 Å². The number of aliphatic hydroxyl groups is 1. The number of likely N-dealkylation sites (N-methyl/N-ethyl adjacent to an activating group) is 1. The molecule has 0 saturated carbocycles. The van der Waals surface area contributed by atoms with Gasteiger partial charge in [0, 0.05) is 13.1 Å². The van der Waals surface area contributed by atoms with E-state index in [0.29, 0.717) is 6.54 Å². The smallest absolute Gasteiger partial charge is 0.0916 e. The molecule has 0 fully saturated rings. The van der Waals surface area contributed by atoms with Crippen molar-refractivity contribution >= 4 is 0 Å². The van der Waals surface area contributed by atoms with Crippen molar-refractivity contribution in [2.24, 2.45) is 0 Å². The second-order valence-corrected chi connectivity index (χ2v) is 5.61. The van der Waals surface area contributed by atoms with E-state index in [1.54, 1.807) is 0 Å². The Hall–Kier alpha value is -1.64. The lowest BCUT2D eigenvalue weighted by Gasteiger charge is -2.21. The van der Waals surface area contributed by atoms with E-state index in [2.05, 4.69) is 55.3 Å². The molecule has 2 aromatic carbocycles. The molecule has 112 valence electrons. The van der Waals surface area contributed by atoms with Gasteiger partial charge in [-0.15, -0.1) is 0 Å². The molecule has 0 aliphatic heterocycles. The van der Waals surface area contributed by atoms with E-state index in [-0.39, 0.29) is 0 Å². The first-order valence-electron chi connectivity index (χ1n) is 7.68. The van der Waals surface area contributed by atoms with Crippen LogP contribution in [-0.2, 0) is 12.8 Å². The second kappa shape index (κ2) is 7.96. The molecule has 0 aliphatic carbocycles. The third-order valence-electron chi connectivity index (χ3n) is 3.88. The maximum atomic E-state index is 10.3. The fourth-order valence-corrected chi connectivity index (χ4v) is 2.43. The summed E-state index contributed by atoms with van der Waals surface area (Å²) in [5.41, 5.74) is 3.65. The zero-order valence-electron chi connectivity index (χ0n) is 13.0. The van der Waals surface area contributed by atoms with Gasteiger partial charge in [0.15, 0.2) is 0 Å². The van der Waals surface area contributed by atoms with Gasteiger partial charge in [-0.2, -0.15) is 0 Å². The average molecular weight is 283 g/mol. The third-order valence-corrected chi connectivity index (χ3v) is 3.88. The molecule has 0 radical (unpaired) electrons. The molecule has 1 N–H and O–H groups in total. The fraction of sp³-hybridized carbons (Fsp3) is 0.368. The van der Waals surface area contributed by atoms with Crippen LogP contribution >= 0.6 is 0 Å². The van der Waals surface area contributed by atoms with Crippen LogP contribution in [0.15, 0.2) is 54.6 Å². The summed E-state index contributed by atoms with van der Waals surface area (Å²) in [5, 5.41) is 10.3. The first kappa shape index (κ1) is 15.7. The van der Waals surface area contributed by atoms with Crippen LogP contribution < -0.4 is 0 Å². The van der Waals surface area contributed by atoms with Gasteiger partial charge in [-0.05, 0) is 36.6 Å². The summed E-state index contributed by atoms with van der Waals surface area (Å²) in [6.07, 6.45) is 1.63. The minimum absolute atomic E-state index is 0.420. The lowest BCUT2D eigenvalue weighted by molar-refractivity contribution is 0.127. The molecule has 2 aromatic rings. The van der Waals surface area contributed by atoms with Crippen LogP contribution in [-0.4, -0.2) is 30.1 Å². The van der Waals surface area contributed by atoms with Crippen LogP contribution in [0.3, 0.4) is 0 Å². The number of nitrogens with zero attached hydrogens (tertiary/aromatic N) is 1. The summed E-state index contributed by atoms with van der Waals surface area (Å²) < 4.78 is 0. The molecule has 0 aromatic heterocycles. The van der Waals surface area contributed by atoms with Crippen molar-refractivity contribution in [1.29, 1.82) is 0 Å². The molecule has 0 amide bonds. The zero-order chi connectivity index (χ0) is 15.1. The van der Waals surface area contributed by atoms with E-state index >= 15 is 0 Å². The number of hydrogen-bond donors (Lipinski definition) is 1. The second-order valence-electron chi connectivity index (χ2n) is 5.61. The first-order chi connectivity index (χ1) is 10.2. The maximum Gasteiger partial charge on any atom is 0.0916 e. The summed E-state index contributed by atoms with van der Waals surface area (Å²) in [7, 11) is 2.06. The summed E-state index contributed by atoms with van der Waals surface area (Å²) in [5.74, 6) is 0. The molecule has 0 bridgehead atoms. The van der Waals surface area contributed by atoms with Gasteiger partial charge in [-0.25, -0.2) is 0 Å². The SMILES string of the molecule is CCc1ccc(C(O)CN(C)CCc2ccccc2)cc1. The van der Waals surface area contributed by atoms with Gasteiger partial charge >= 0.3 is 0 Å². The van der Waals surface area contributed by atoms with Crippen LogP contribution in [0.1, 0.15) is 29.7 Å². The van der Waals surface area contributed by atoms with Crippen molar-refractivity contribution in [2.75, 3.05) is 20.1 Å². The Labute approximate surface area is 128 Å². The molecule has 0 aliphatic rings. The Morgan fingerprint density at radius 3 is 2.24 bits per heavy atom. The van der Waals surface area contributed by atoms with E-state index in [1.807, 2.05) is 18.2 Å². The van der Waals surface area contributed by atoms with Crippen molar-refractivity contribution in [3.05, 3.63) is 71.3 Å². The highest BCUT2D eigenvalue weighted by molar-refractivity contribution is 5.24. The predicted octanol–water partition coefficient (Wildman–Crippen LogP) is 3.46. The molecular formula is C19H25NO. The molecule has 1 unspecified atom stereocenters. The fourth-order valence-electron chi connectivity index (χ4n) is 2.43. The lowest BCUT2D eigenvalue weighted by Crippen LogP contribution is -2.26. The van der Waals surface area contributed by atoms with Crippen molar-refractivity contribution in [1.82, 2.24) is 4.90 Å². The molecule has 2 rings (SSSR count). The molecule has 2 heteroatoms. The number of aryl methyl sites for hydroxylation is 1. The Kier molecular flexibility index (Phi) is 5.97. The summed E-state index contributed by atoms with van der Waals surface area (Å²) in [6, 6.07) is 18.7. The van der Waals surface area contributed by atoms with E-state index in [0.717, 1.165) is 24.9 Å². The Morgan fingerprint density at radius 1 is 0.952 bits per heavy atom. The largest absolute Gasteiger partial charge is 0.387 e. The highest BCUT2D eigenvalue weighted by atomic mass is 16.3. The van der Waals surface area contributed by atoms with E-state index in [4.69, 9.17) is 0 Å². The Morgan fingerprint density at radius 2 is 1.62 bits per heavy atom. The van der Waals surface area contributed by atoms with Crippen molar-refractivity contribution in [2.45, 2.75) is 25.9 Å². The highest BCUT2D eigenvalue weighted by Gasteiger charge is 2.10. The minimum Gasteiger partial charge on any atom is -0.387 e. The van der Waals surface area contributed by atoms with Crippen molar-refractivity contribution in [3.8, 4) is 0 Å². The minimum atomic E-state index is -0.420.